The standard InChI is InChI=1S/C24H22F3N3O5/c1-32-20-9-14(4-7-19(20)34-13-17-3-2-8-33-17)11-30-12-16-6-5-15(10-18(16)22(30)31)21-28-23(35-29-21)24(25,26)27/h4-7,9-10,17H,2-3,8,11-13H2,1H3. The van der Waals surface area contributed by atoms with Crippen LogP contribution in [0.5, 0.6) is 11.5 Å². The number of alkyl halides is 3. The predicted octanol–water partition coefficient (Wildman–Crippen LogP) is 4.48. The molecule has 1 fully saturated rings. The van der Waals surface area contributed by atoms with E-state index in [9.17, 15) is 18.0 Å². The molecule has 184 valence electrons. The molecule has 0 N–H and O–H groups in total. The topological polar surface area (TPSA) is 86.9 Å². The summed E-state index contributed by atoms with van der Waals surface area (Å²) in [4.78, 5) is 18.1. The van der Waals surface area contributed by atoms with Gasteiger partial charge in [-0.3, -0.25) is 4.79 Å². The van der Waals surface area contributed by atoms with E-state index < -0.39 is 12.1 Å². The fourth-order valence-corrected chi connectivity index (χ4v) is 4.19. The summed E-state index contributed by atoms with van der Waals surface area (Å²) in [5.41, 5.74) is 2.28. The van der Waals surface area contributed by atoms with Crippen molar-refractivity contribution < 1.29 is 36.7 Å². The third kappa shape index (κ3) is 4.81. The van der Waals surface area contributed by atoms with Crippen LogP contribution in [-0.2, 0) is 24.0 Å². The Hall–Kier alpha value is -3.60. The van der Waals surface area contributed by atoms with Crippen LogP contribution in [0.3, 0.4) is 0 Å². The number of hydrogen-bond acceptors (Lipinski definition) is 7. The maximum Gasteiger partial charge on any atom is 0.471 e. The molecule has 0 bridgehead atoms. The van der Waals surface area contributed by atoms with E-state index in [1.54, 1.807) is 24.1 Å². The number of amides is 1. The summed E-state index contributed by atoms with van der Waals surface area (Å²) in [7, 11) is 1.55. The molecule has 1 saturated heterocycles. The van der Waals surface area contributed by atoms with E-state index in [1.807, 2.05) is 18.2 Å². The van der Waals surface area contributed by atoms with Gasteiger partial charge in [-0.15, -0.1) is 0 Å². The number of hydrogen-bond donors (Lipinski definition) is 0. The van der Waals surface area contributed by atoms with Crippen LogP contribution in [0, 0.1) is 0 Å². The first-order valence-electron chi connectivity index (χ1n) is 11.1. The van der Waals surface area contributed by atoms with Crippen LogP contribution in [-0.4, -0.2) is 47.4 Å². The van der Waals surface area contributed by atoms with Crippen molar-refractivity contribution in [3.8, 4) is 22.9 Å². The summed E-state index contributed by atoms with van der Waals surface area (Å²) >= 11 is 0. The molecule has 8 nitrogen and oxygen atoms in total. The highest BCUT2D eigenvalue weighted by Gasteiger charge is 2.38. The molecular weight excluding hydrogens is 467 g/mol. The average molecular weight is 489 g/mol. The van der Waals surface area contributed by atoms with E-state index in [-0.39, 0.29) is 23.4 Å². The van der Waals surface area contributed by atoms with Gasteiger partial charge >= 0.3 is 12.1 Å². The third-order valence-electron chi connectivity index (χ3n) is 5.97. The second-order valence-electron chi connectivity index (χ2n) is 8.39. The Labute approximate surface area is 198 Å². The second-order valence-corrected chi connectivity index (χ2v) is 8.39. The highest BCUT2D eigenvalue weighted by molar-refractivity contribution is 5.99. The van der Waals surface area contributed by atoms with Gasteiger partial charge in [-0.25, -0.2) is 0 Å². The number of carbonyl (C=O) groups is 1. The Balaban J connectivity index is 1.28. The van der Waals surface area contributed by atoms with Crippen LogP contribution >= 0.6 is 0 Å². The molecule has 35 heavy (non-hydrogen) atoms. The largest absolute Gasteiger partial charge is 0.493 e. The van der Waals surface area contributed by atoms with Crippen LogP contribution in [0.25, 0.3) is 11.4 Å². The summed E-state index contributed by atoms with van der Waals surface area (Å²) in [6, 6.07) is 10.3. The molecule has 1 unspecified atom stereocenters. The van der Waals surface area contributed by atoms with E-state index in [1.165, 1.54) is 6.07 Å². The molecule has 0 aliphatic carbocycles. The molecule has 1 amide bonds. The van der Waals surface area contributed by atoms with Crippen molar-refractivity contribution in [1.29, 1.82) is 0 Å². The molecule has 2 aliphatic rings. The Morgan fingerprint density at radius 3 is 2.74 bits per heavy atom. The van der Waals surface area contributed by atoms with Gasteiger partial charge < -0.3 is 23.6 Å². The van der Waals surface area contributed by atoms with Crippen molar-refractivity contribution in [3.63, 3.8) is 0 Å². The van der Waals surface area contributed by atoms with Crippen LogP contribution in [0.2, 0.25) is 0 Å². The van der Waals surface area contributed by atoms with Crippen molar-refractivity contribution in [2.24, 2.45) is 0 Å². The number of methoxy groups -OCH3 is 1. The third-order valence-corrected chi connectivity index (χ3v) is 5.97. The molecule has 11 heteroatoms. The van der Waals surface area contributed by atoms with Gasteiger partial charge in [-0.05, 0) is 42.2 Å². The summed E-state index contributed by atoms with van der Waals surface area (Å²) in [5.74, 6) is -0.734. The molecule has 0 radical (unpaired) electrons. The average Bonchev–Trinajstić information content (AvgIpc) is 3.59. The Morgan fingerprint density at radius 2 is 2.03 bits per heavy atom. The minimum Gasteiger partial charge on any atom is -0.493 e. The number of ether oxygens (including phenoxy) is 3. The Kier molecular flexibility index (Phi) is 6.10. The number of fused-ring (bicyclic) bond motifs is 1. The number of benzene rings is 2. The fourth-order valence-electron chi connectivity index (χ4n) is 4.19. The number of halogens is 3. The van der Waals surface area contributed by atoms with Gasteiger partial charge in [-0.2, -0.15) is 18.2 Å². The summed E-state index contributed by atoms with van der Waals surface area (Å²) in [6.45, 7) is 1.89. The van der Waals surface area contributed by atoms with E-state index in [4.69, 9.17) is 14.2 Å². The summed E-state index contributed by atoms with van der Waals surface area (Å²) in [5, 5.41) is 3.39. The lowest BCUT2D eigenvalue weighted by molar-refractivity contribution is -0.159. The minimum atomic E-state index is -4.74. The number of nitrogens with zero attached hydrogens (tertiary/aromatic N) is 3. The van der Waals surface area contributed by atoms with Gasteiger partial charge in [0, 0.05) is 30.8 Å². The van der Waals surface area contributed by atoms with E-state index in [0.29, 0.717) is 36.8 Å². The van der Waals surface area contributed by atoms with Crippen LogP contribution in [0.15, 0.2) is 40.9 Å². The van der Waals surface area contributed by atoms with Crippen molar-refractivity contribution in [2.75, 3.05) is 20.3 Å². The van der Waals surface area contributed by atoms with Gasteiger partial charge in [0.25, 0.3) is 5.91 Å². The first kappa shape index (κ1) is 23.2. The summed E-state index contributed by atoms with van der Waals surface area (Å²) < 4.78 is 59.5. The number of carbonyl (C=O) groups excluding carboxylic acids is 1. The molecule has 0 saturated carbocycles. The smallest absolute Gasteiger partial charge is 0.471 e. The molecule has 2 aromatic carbocycles. The minimum absolute atomic E-state index is 0.0810. The Bertz CT molecular complexity index is 1240. The van der Waals surface area contributed by atoms with Gasteiger partial charge in [0.05, 0.1) is 13.2 Å². The normalized spacial score (nSPS) is 17.7. The first-order valence-corrected chi connectivity index (χ1v) is 11.1. The van der Waals surface area contributed by atoms with Crippen molar-refractivity contribution in [3.05, 3.63) is 59.0 Å². The van der Waals surface area contributed by atoms with Crippen LogP contribution < -0.4 is 9.47 Å². The van der Waals surface area contributed by atoms with Crippen LogP contribution in [0.4, 0.5) is 13.2 Å². The number of rotatable bonds is 7. The highest BCUT2D eigenvalue weighted by Crippen LogP contribution is 2.33. The monoisotopic (exact) mass is 489 g/mol. The molecule has 1 atom stereocenters. The van der Waals surface area contributed by atoms with Gasteiger partial charge in [0.15, 0.2) is 11.5 Å². The molecular formula is C24H22F3N3O5. The van der Waals surface area contributed by atoms with Gasteiger partial charge in [0.1, 0.15) is 6.61 Å². The van der Waals surface area contributed by atoms with E-state index in [0.717, 1.165) is 30.6 Å². The molecule has 3 heterocycles. The lowest BCUT2D eigenvalue weighted by Crippen LogP contribution is -2.23. The van der Waals surface area contributed by atoms with Crippen molar-refractivity contribution in [1.82, 2.24) is 15.0 Å². The Morgan fingerprint density at radius 1 is 1.17 bits per heavy atom. The zero-order chi connectivity index (χ0) is 24.6. The molecule has 0 spiro atoms. The van der Waals surface area contributed by atoms with Crippen molar-refractivity contribution >= 4 is 5.91 Å². The number of aromatic nitrogens is 2. The lowest BCUT2D eigenvalue weighted by Gasteiger charge is -2.18. The SMILES string of the molecule is COc1cc(CN2Cc3ccc(-c4noc(C(F)(F)F)n4)cc3C2=O)ccc1OCC1CCCO1. The van der Waals surface area contributed by atoms with Gasteiger partial charge in [0.2, 0.25) is 5.82 Å². The zero-order valence-electron chi connectivity index (χ0n) is 18.8. The summed E-state index contributed by atoms with van der Waals surface area (Å²) in [6.07, 6.45) is -2.66. The first-order chi connectivity index (χ1) is 16.8. The molecule has 2 aliphatic heterocycles. The zero-order valence-corrected chi connectivity index (χ0v) is 18.8. The molecule has 1 aromatic heterocycles. The lowest BCUT2D eigenvalue weighted by atomic mass is 10.1. The van der Waals surface area contributed by atoms with Crippen molar-refractivity contribution in [2.45, 2.75) is 38.2 Å². The van der Waals surface area contributed by atoms with E-state index >= 15 is 0 Å². The van der Waals surface area contributed by atoms with E-state index in [2.05, 4.69) is 14.7 Å². The maximum atomic E-state index is 13.0. The molecule has 5 rings (SSSR count). The molecule has 3 aromatic rings. The predicted molar refractivity (Wildman–Crippen MR) is 116 cm³/mol. The highest BCUT2D eigenvalue weighted by atomic mass is 19.4. The fraction of sp³-hybridized carbons (Fsp3) is 0.375. The quantitative estimate of drug-likeness (QED) is 0.484. The maximum absolute atomic E-state index is 13.0. The second kappa shape index (κ2) is 9.21. The van der Waals surface area contributed by atoms with Gasteiger partial charge in [-0.1, -0.05) is 23.4 Å². The van der Waals surface area contributed by atoms with Crippen LogP contribution in [0.1, 0.15) is 40.2 Å².